The fraction of sp³-hybridized carbons (Fsp3) is 0.375. The van der Waals surface area contributed by atoms with Gasteiger partial charge in [-0.15, -0.1) is 0 Å². The highest BCUT2D eigenvalue weighted by Crippen LogP contribution is 2.39. The van der Waals surface area contributed by atoms with E-state index in [2.05, 4.69) is 4.90 Å². The van der Waals surface area contributed by atoms with Crippen LogP contribution in [-0.4, -0.2) is 78.4 Å². The van der Waals surface area contributed by atoms with Gasteiger partial charge in [-0.25, -0.2) is 4.39 Å². The van der Waals surface area contributed by atoms with E-state index in [0.717, 1.165) is 5.69 Å². The number of likely N-dealkylation sites (N-methyl/N-ethyl adjacent to an activating group) is 1. The number of piperidine rings is 1. The highest BCUT2D eigenvalue weighted by atomic mass is 19.1. The van der Waals surface area contributed by atoms with E-state index >= 15 is 0 Å². The van der Waals surface area contributed by atoms with E-state index in [1.165, 1.54) is 29.2 Å². The number of para-hydroxylation sites is 1. The second-order valence-corrected chi connectivity index (χ2v) is 8.53. The van der Waals surface area contributed by atoms with Gasteiger partial charge in [0.1, 0.15) is 17.9 Å². The highest BCUT2D eigenvalue weighted by molar-refractivity contribution is 5.97. The average Bonchev–Trinajstić information content (AvgIpc) is 3.06. The molecule has 168 valence electrons. The van der Waals surface area contributed by atoms with Gasteiger partial charge in [0.05, 0.1) is 6.67 Å². The third-order valence-corrected chi connectivity index (χ3v) is 6.38. The molecular formula is C24H27FN4O3. The first kappa shape index (κ1) is 21.8. The Morgan fingerprint density at radius 3 is 2.22 bits per heavy atom. The number of likely N-dealkylation sites (tertiary alicyclic amines) is 1. The number of halogens is 1. The molecule has 0 saturated carbocycles. The van der Waals surface area contributed by atoms with Crippen LogP contribution < -0.4 is 4.90 Å². The quantitative estimate of drug-likeness (QED) is 0.734. The zero-order valence-corrected chi connectivity index (χ0v) is 18.3. The van der Waals surface area contributed by atoms with Crippen LogP contribution in [0.25, 0.3) is 0 Å². The lowest BCUT2D eigenvalue weighted by atomic mass is 9.85. The van der Waals surface area contributed by atoms with Crippen molar-refractivity contribution in [2.24, 2.45) is 0 Å². The molecule has 0 atom stereocenters. The molecule has 0 aromatic heterocycles. The van der Waals surface area contributed by atoms with Gasteiger partial charge in [-0.3, -0.25) is 14.4 Å². The normalized spacial score (nSPS) is 17.7. The maximum absolute atomic E-state index is 13.6. The second-order valence-electron chi connectivity index (χ2n) is 8.53. The zero-order chi connectivity index (χ0) is 22.9. The monoisotopic (exact) mass is 438 g/mol. The van der Waals surface area contributed by atoms with Gasteiger partial charge in [0.25, 0.3) is 11.8 Å². The van der Waals surface area contributed by atoms with Crippen molar-refractivity contribution in [2.75, 3.05) is 45.3 Å². The molecule has 4 rings (SSSR count). The molecule has 2 aliphatic heterocycles. The smallest absolute Gasteiger partial charge is 0.253 e. The molecule has 8 heteroatoms. The van der Waals surface area contributed by atoms with Gasteiger partial charge in [0.2, 0.25) is 5.91 Å². The van der Waals surface area contributed by atoms with Crippen LogP contribution in [0.3, 0.4) is 0 Å². The number of hydrogen-bond acceptors (Lipinski definition) is 4. The standard InChI is InChI=1S/C24H27FN4O3/c1-26(2)21(30)16-28-17-29(20-6-4-3-5-7-20)24(23(28)32)12-14-27(15-13-24)22(31)18-8-10-19(25)11-9-18/h3-11H,12-17H2,1-2H3. The Balaban J connectivity index is 1.56. The van der Waals surface area contributed by atoms with Crippen molar-refractivity contribution < 1.29 is 18.8 Å². The summed E-state index contributed by atoms with van der Waals surface area (Å²) in [4.78, 5) is 45.6. The highest BCUT2D eigenvalue weighted by Gasteiger charge is 2.54. The summed E-state index contributed by atoms with van der Waals surface area (Å²) in [5.74, 6) is -0.768. The molecule has 2 heterocycles. The van der Waals surface area contributed by atoms with E-state index in [-0.39, 0.29) is 30.1 Å². The Labute approximate surface area is 187 Å². The molecule has 0 unspecified atom stereocenters. The summed E-state index contributed by atoms with van der Waals surface area (Å²) in [6, 6.07) is 15.2. The lowest BCUT2D eigenvalue weighted by Crippen LogP contribution is -2.57. The fourth-order valence-electron chi connectivity index (χ4n) is 4.48. The Morgan fingerprint density at radius 1 is 1.00 bits per heavy atom. The molecule has 7 nitrogen and oxygen atoms in total. The topological polar surface area (TPSA) is 64.2 Å². The third-order valence-electron chi connectivity index (χ3n) is 6.38. The maximum Gasteiger partial charge on any atom is 0.253 e. The third kappa shape index (κ3) is 3.92. The Bertz CT molecular complexity index is 1000. The Hall–Kier alpha value is -3.42. The van der Waals surface area contributed by atoms with Crippen LogP contribution in [0.4, 0.5) is 10.1 Å². The van der Waals surface area contributed by atoms with E-state index in [1.807, 2.05) is 30.3 Å². The van der Waals surface area contributed by atoms with Gasteiger partial charge < -0.3 is 19.6 Å². The van der Waals surface area contributed by atoms with Crippen molar-refractivity contribution in [2.45, 2.75) is 18.4 Å². The van der Waals surface area contributed by atoms with Crippen molar-refractivity contribution in [3.63, 3.8) is 0 Å². The summed E-state index contributed by atoms with van der Waals surface area (Å²) < 4.78 is 13.2. The predicted octanol–water partition coefficient (Wildman–Crippen LogP) is 2.19. The summed E-state index contributed by atoms with van der Waals surface area (Å²) in [5.41, 5.74) is 0.547. The van der Waals surface area contributed by atoms with E-state index in [4.69, 9.17) is 0 Å². The fourth-order valence-corrected chi connectivity index (χ4v) is 4.48. The van der Waals surface area contributed by atoms with Crippen LogP contribution in [0.5, 0.6) is 0 Å². The minimum Gasteiger partial charge on any atom is -0.347 e. The molecule has 2 fully saturated rings. The van der Waals surface area contributed by atoms with Crippen molar-refractivity contribution in [3.8, 4) is 0 Å². The van der Waals surface area contributed by atoms with Gasteiger partial charge in [-0.2, -0.15) is 0 Å². The molecule has 1 spiro atoms. The number of rotatable bonds is 4. The summed E-state index contributed by atoms with van der Waals surface area (Å²) in [5, 5.41) is 0. The van der Waals surface area contributed by atoms with E-state index in [0.29, 0.717) is 38.2 Å². The number of anilines is 1. The average molecular weight is 439 g/mol. The van der Waals surface area contributed by atoms with Crippen LogP contribution >= 0.6 is 0 Å². The van der Waals surface area contributed by atoms with Crippen molar-refractivity contribution in [1.82, 2.24) is 14.7 Å². The van der Waals surface area contributed by atoms with Crippen molar-refractivity contribution in [3.05, 3.63) is 66.0 Å². The minimum atomic E-state index is -0.798. The maximum atomic E-state index is 13.6. The lowest BCUT2D eigenvalue weighted by molar-refractivity contribution is -0.139. The molecule has 2 aliphatic rings. The summed E-state index contributed by atoms with van der Waals surface area (Å²) in [6.45, 7) is 1.16. The predicted molar refractivity (Wildman–Crippen MR) is 118 cm³/mol. The first-order valence-electron chi connectivity index (χ1n) is 10.7. The number of nitrogens with zero attached hydrogens (tertiary/aromatic N) is 4. The molecule has 0 bridgehead atoms. The summed E-state index contributed by atoms with van der Waals surface area (Å²) in [7, 11) is 3.35. The van der Waals surface area contributed by atoms with Gasteiger partial charge in [0, 0.05) is 38.4 Å². The minimum absolute atomic E-state index is 0.0230. The molecule has 2 saturated heterocycles. The van der Waals surface area contributed by atoms with Crippen molar-refractivity contribution >= 4 is 23.4 Å². The number of carbonyl (C=O) groups excluding carboxylic acids is 3. The van der Waals surface area contributed by atoms with E-state index < -0.39 is 5.54 Å². The molecule has 32 heavy (non-hydrogen) atoms. The van der Waals surface area contributed by atoms with Crippen LogP contribution in [0, 0.1) is 5.82 Å². The largest absolute Gasteiger partial charge is 0.347 e. The van der Waals surface area contributed by atoms with Gasteiger partial charge in [-0.1, -0.05) is 18.2 Å². The van der Waals surface area contributed by atoms with Gasteiger partial charge in [-0.05, 0) is 49.2 Å². The molecule has 3 amide bonds. The molecule has 2 aromatic rings. The number of benzene rings is 2. The molecule has 2 aromatic carbocycles. The molecule has 0 N–H and O–H groups in total. The Morgan fingerprint density at radius 2 is 1.62 bits per heavy atom. The van der Waals surface area contributed by atoms with Crippen LogP contribution in [0.15, 0.2) is 54.6 Å². The number of carbonyl (C=O) groups is 3. The Kier molecular flexibility index (Phi) is 5.86. The van der Waals surface area contributed by atoms with E-state index in [9.17, 15) is 18.8 Å². The molecule has 0 aliphatic carbocycles. The van der Waals surface area contributed by atoms with Crippen molar-refractivity contribution in [1.29, 1.82) is 0 Å². The molecule has 0 radical (unpaired) electrons. The summed E-state index contributed by atoms with van der Waals surface area (Å²) in [6.07, 6.45) is 0.917. The molecular weight excluding hydrogens is 411 g/mol. The van der Waals surface area contributed by atoms with Crippen LogP contribution in [0.2, 0.25) is 0 Å². The van der Waals surface area contributed by atoms with Gasteiger partial charge >= 0.3 is 0 Å². The first-order valence-corrected chi connectivity index (χ1v) is 10.7. The zero-order valence-electron chi connectivity index (χ0n) is 18.3. The number of hydrogen-bond donors (Lipinski definition) is 0. The second kappa shape index (κ2) is 8.61. The SMILES string of the molecule is CN(C)C(=O)CN1CN(c2ccccc2)C2(CCN(C(=O)c3ccc(F)cc3)CC2)C1=O. The lowest BCUT2D eigenvalue weighted by Gasteiger charge is -2.43. The van der Waals surface area contributed by atoms with Gasteiger partial charge in [0.15, 0.2) is 0 Å². The summed E-state index contributed by atoms with van der Waals surface area (Å²) >= 11 is 0. The van der Waals surface area contributed by atoms with Crippen LogP contribution in [0.1, 0.15) is 23.2 Å². The van der Waals surface area contributed by atoms with E-state index in [1.54, 1.807) is 23.9 Å². The van der Waals surface area contributed by atoms with Crippen LogP contribution in [-0.2, 0) is 9.59 Å². The number of amides is 3. The first-order chi connectivity index (χ1) is 15.3.